The van der Waals surface area contributed by atoms with Gasteiger partial charge in [0.05, 0.1) is 0 Å². The lowest BCUT2D eigenvalue weighted by Crippen LogP contribution is -2.12. The molecule has 0 aromatic carbocycles. The van der Waals surface area contributed by atoms with Gasteiger partial charge in [0, 0.05) is 26.9 Å². The first-order valence-corrected chi connectivity index (χ1v) is 8.70. The Hall–Kier alpha value is -0.0800. The van der Waals surface area contributed by atoms with Crippen LogP contribution in [0.1, 0.15) is 72.6 Å². The molecule has 122 valence electrons. The highest BCUT2D eigenvalue weighted by Gasteiger charge is 2.15. The molecule has 20 heavy (non-hydrogen) atoms. The van der Waals surface area contributed by atoms with Crippen LogP contribution in [0.25, 0.3) is 0 Å². The fourth-order valence-electron chi connectivity index (χ4n) is 2.68. The molecule has 0 N–H and O–H groups in total. The molecule has 0 heterocycles. The Labute approximate surface area is 127 Å². The third kappa shape index (κ3) is 11.7. The quantitative estimate of drug-likeness (QED) is 0.403. The molecule has 0 spiro atoms. The zero-order valence-corrected chi connectivity index (χ0v) is 14.6. The summed E-state index contributed by atoms with van der Waals surface area (Å²) in [6, 6.07) is 0. The van der Waals surface area contributed by atoms with E-state index < -0.39 is 0 Å². The van der Waals surface area contributed by atoms with E-state index in [9.17, 15) is 0 Å². The highest BCUT2D eigenvalue weighted by Crippen LogP contribution is 2.27. The van der Waals surface area contributed by atoms with Gasteiger partial charge in [-0.05, 0) is 49.9 Å². The van der Waals surface area contributed by atoms with Crippen LogP contribution in [0.2, 0.25) is 0 Å². The van der Waals surface area contributed by atoms with Gasteiger partial charge in [0.2, 0.25) is 0 Å². The van der Waals surface area contributed by atoms with Gasteiger partial charge in [-0.2, -0.15) is 0 Å². The first-order chi connectivity index (χ1) is 9.63. The van der Waals surface area contributed by atoms with Gasteiger partial charge in [0.25, 0.3) is 0 Å². The fourth-order valence-corrected chi connectivity index (χ4v) is 2.68. The van der Waals surface area contributed by atoms with Crippen molar-refractivity contribution in [1.82, 2.24) is 0 Å². The van der Waals surface area contributed by atoms with E-state index in [4.69, 9.17) is 9.47 Å². The van der Waals surface area contributed by atoms with Gasteiger partial charge >= 0.3 is 0 Å². The number of methoxy groups -OCH3 is 1. The summed E-state index contributed by atoms with van der Waals surface area (Å²) in [6.07, 6.45) is 8.97. The second kappa shape index (κ2) is 13.9. The largest absolute Gasteiger partial charge is 0.385 e. The minimum atomic E-state index is 0.810. The van der Waals surface area contributed by atoms with E-state index in [2.05, 4.69) is 27.7 Å². The van der Waals surface area contributed by atoms with Gasteiger partial charge in [0.15, 0.2) is 0 Å². The lowest BCUT2D eigenvalue weighted by atomic mass is 9.84. The average Bonchev–Trinajstić information content (AvgIpc) is 2.45. The van der Waals surface area contributed by atoms with E-state index in [1.54, 1.807) is 7.11 Å². The lowest BCUT2D eigenvalue weighted by molar-refractivity contribution is 0.0966. The van der Waals surface area contributed by atoms with Crippen molar-refractivity contribution in [1.29, 1.82) is 0 Å². The molecule has 0 saturated carbocycles. The predicted octanol–water partition coefficient (Wildman–Crippen LogP) is 5.31. The van der Waals surface area contributed by atoms with Crippen molar-refractivity contribution in [2.75, 3.05) is 26.9 Å². The Morgan fingerprint density at radius 1 is 0.800 bits per heavy atom. The van der Waals surface area contributed by atoms with Crippen molar-refractivity contribution in [2.24, 2.45) is 17.8 Å². The molecule has 0 radical (unpaired) electrons. The molecule has 0 bridgehead atoms. The summed E-state index contributed by atoms with van der Waals surface area (Å²) in [5.74, 6) is 2.63. The van der Waals surface area contributed by atoms with E-state index in [1.807, 2.05) is 0 Å². The van der Waals surface area contributed by atoms with Gasteiger partial charge in [-0.3, -0.25) is 0 Å². The molecular weight excluding hydrogens is 248 g/mol. The Balaban J connectivity index is 3.79. The maximum atomic E-state index is 5.67. The van der Waals surface area contributed by atoms with Crippen LogP contribution in [0.5, 0.6) is 0 Å². The number of ether oxygens (including phenoxy) is 2. The van der Waals surface area contributed by atoms with Crippen LogP contribution in [0.4, 0.5) is 0 Å². The molecule has 0 rings (SSSR count). The van der Waals surface area contributed by atoms with Crippen molar-refractivity contribution < 1.29 is 9.47 Å². The second-order valence-corrected chi connectivity index (χ2v) is 6.47. The van der Waals surface area contributed by atoms with E-state index in [1.165, 1.54) is 38.5 Å². The van der Waals surface area contributed by atoms with Gasteiger partial charge in [-0.1, -0.05) is 40.5 Å². The molecule has 0 aliphatic carbocycles. The Kier molecular flexibility index (Phi) is 13.8. The second-order valence-electron chi connectivity index (χ2n) is 6.47. The molecule has 0 aromatic rings. The van der Waals surface area contributed by atoms with Gasteiger partial charge < -0.3 is 9.47 Å². The Morgan fingerprint density at radius 3 is 1.85 bits per heavy atom. The van der Waals surface area contributed by atoms with Gasteiger partial charge in [-0.15, -0.1) is 0 Å². The first-order valence-electron chi connectivity index (χ1n) is 8.70. The van der Waals surface area contributed by atoms with Gasteiger partial charge in [-0.25, -0.2) is 0 Å². The van der Waals surface area contributed by atoms with E-state index >= 15 is 0 Å². The van der Waals surface area contributed by atoms with Crippen LogP contribution < -0.4 is 0 Å². The smallest absolute Gasteiger partial charge is 0.0487 e. The van der Waals surface area contributed by atoms with E-state index in [0.29, 0.717) is 0 Å². The highest BCUT2D eigenvalue weighted by atomic mass is 16.5. The van der Waals surface area contributed by atoms with Crippen molar-refractivity contribution in [3.05, 3.63) is 0 Å². The van der Waals surface area contributed by atoms with Crippen LogP contribution >= 0.6 is 0 Å². The highest BCUT2D eigenvalue weighted by molar-refractivity contribution is 4.66. The lowest BCUT2D eigenvalue weighted by Gasteiger charge is -2.23. The fraction of sp³-hybridized carbons (Fsp3) is 1.00. The standard InChI is InChI=1S/C18H38O2/c1-6-16(3)14-18(15-17(4)7-2)10-8-12-20-13-9-11-19-5/h16-18H,6-15H2,1-5H3. The van der Waals surface area contributed by atoms with Crippen LogP contribution in [0.3, 0.4) is 0 Å². The van der Waals surface area contributed by atoms with Crippen LogP contribution in [-0.4, -0.2) is 26.9 Å². The number of hydrogen-bond acceptors (Lipinski definition) is 2. The SMILES string of the molecule is CCC(C)CC(CCCOCCCOC)CC(C)CC. The normalized spacial score (nSPS) is 16.1. The summed E-state index contributed by atoms with van der Waals surface area (Å²) in [4.78, 5) is 0. The van der Waals surface area contributed by atoms with Crippen LogP contribution in [0.15, 0.2) is 0 Å². The molecule has 2 atom stereocenters. The summed E-state index contributed by atoms with van der Waals surface area (Å²) in [5.41, 5.74) is 0. The topological polar surface area (TPSA) is 18.5 Å². The third-order valence-electron chi connectivity index (χ3n) is 4.40. The molecule has 0 amide bonds. The predicted molar refractivity (Wildman–Crippen MR) is 88.2 cm³/mol. The average molecular weight is 286 g/mol. The van der Waals surface area contributed by atoms with Gasteiger partial charge in [0.1, 0.15) is 0 Å². The zero-order valence-electron chi connectivity index (χ0n) is 14.6. The monoisotopic (exact) mass is 286 g/mol. The molecular formula is C18H38O2. The van der Waals surface area contributed by atoms with Crippen molar-refractivity contribution in [3.63, 3.8) is 0 Å². The third-order valence-corrected chi connectivity index (χ3v) is 4.40. The minimum Gasteiger partial charge on any atom is -0.385 e. The molecule has 0 aromatic heterocycles. The molecule has 2 unspecified atom stereocenters. The Bertz CT molecular complexity index is 182. The first kappa shape index (κ1) is 19.9. The summed E-state index contributed by atoms with van der Waals surface area (Å²) in [6.45, 7) is 12.0. The Morgan fingerprint density at radius 2 is 1.35 bits per heavy atom. The summed E-state index contributed by atoms with van der Waals surface area (Å²) >= 11 is 0. The maximum Gasteiger partial charge on any atom is 0.0487 e. The molecule has 2 nitrogen and oxygen atoms in total. The maximum absolute atomic E-state index is 5.67. The zero-order chi connectivity index (χ0) is 15.2. The number of rotatable bonds is 14. The molecule has 0 saturated heterocycles. The van der Waals surface area contributed by atoms with E-state index in [-0.39, 0.29) is 0 Å². The van der Waals surface area contributed by atoms with Crippen molar-refractivity contribution in [2.45, 2.75) is 72.6 Å². The van der Waals surface area contributed by atoms with Crippen molar-refractivity contribution in [3.8, 4) is 0 Å². The summed E-state index contributed by atoms with van der Waals surface area (Å²) < 4.78 is 10.7. The van der Waals surface area contributed by atoms with Crippen molar-refractivity contribution >= 4 is 0 Å². The molecule has 0 aliphatic rings. The minimum absolute atomic E-state index is 0.810. The molecule has 0 fully saturated rings. The van der Waals surface area contributed by atoms with Crippen LogP contribution in [-0.2, 0) is 9.47 Å². The summed E-state index contributed by atoms with van der Waals surface area (Å²) in [7, 11) is 1.74. The summed E-state index contributed by atoms with van der Waals surface area (Å²) in [5, 5.41) is 0. The van der Waals surface area contributed by atoms with Crippen LogP contribution in [0, 0.1) is 17.8 Å². The molecule has 0 aliphatic heterocycles. The number of hydrogen-bond donors (Lipinski definition) is 0. The molecule has 2 heteroatoms. The van der Waals surface area contributed by atoms with E-state index in [0.717, 1.165) is 44.0 Å².